The van der Waals surface area contributed by atoms with Gasteiger partial charge in [0.2, 0.25) is 0 Å². The fourth-order valence-electron chi connectivity index (χ4n) is 1.19. The number of hydrogen-bond donors (Lipinski definition) is 2. The van der Waals surface area contributed by atoms with E-state index in [4.69, 9.17) is 9.84 Å². The zero-order valence-electron chi connectivity index (χ0n) is 6.78. The Balaban J connectivity index is 0.00000121. The smallest absolute Gasteiger partial charge is 0.329 e. The average Bonchev–Trinajstić information content (AvgIpc) is 2.39. The molecule has 5 heteroatoms. The maximum Gasteiger partial charge on any atom is 0.329 e. The lowest BCUT2D eigenvalue weighted by atomic mass is 10.2. The summed E-state index contributed by atoms with van der Waals surface area (Å²) in [5.74, 6) is -0.900. The van der Waals surface area contributed by atoms with Crippen LogP contribution < -0.4 is 5.32 Å². The minimum Gasteiger partial charge on any atom is -0.480 e. The summed E-state index contributed by atoms with van der Waals surface area (Å²) >= 11 is 0. The second kappa shape index (κ2) is 6.22. The van der Waals surface area contributed by atoms with E-state index in [1.165, 1.54) is 6.42 Å². The normalized spacial score (nSPS) is 21.8. The number of carboxylic acids is 1. The molecule has 72 valence electrons. The van der Waals surface area contributed by atoms with E-state index >= 15 is 0 Å². The Morgan fingerprint density at radius 1 is 1.67 bits per heavy atom. The van der Waals surface area contributed by atoms with Crippen LogP contribution >= 0.6 is 12.4 Å². The molecule has 1 unspecified atom stereocenters. The van der Waals surface area contributed by atoms with E-state index < -0.39 is 5.97 Å². The van der Waals surface area contributed by atoms with Crippen LogP contribution in [-0.4, -0.2) is 36.9 Å². The van der Waals surface area contributed by atoms with Crippen molar-refractivity contribution in [2.24, 2.45) is 0 Å². The monoisotopic (exact) mass is 195 g/mol. The Morgan fingerprint density at radius 2 is 2.42 bits per heavy atom. The molecule has 2 N–H and O–H groups in total. The first-order chi connectivity index (χ1) is 5.29. The molecule has 0 aromatic carbocycles. The van der Waals surface area contributed by atoms with Crippen molar-refractivity contribution in [1.82, 2.24) is 5.32 Å². The summed E-state index contributed by atoms with van der Waals surface area (Å²) in [6.45, 7) is 1.37. The Hall–Kier alpha value is -0.320. The van der Waals surface area contributed by atoms with Crippen molar-refractivity contribution in [1.29, 1.82) is 0 Å². The van der Waals surface area contributed by atoms with Crippen molar-refractivity contribution in [3.63, 3.8) is 0 Å². The lowest BCUT2D eigenvalue weighted by Gasteiger charge is -2.08. The number of carboxylic acid groups (broad SMARTS) is 1. The number of halogens is 1. The molecule has 0 bridgehead atoms. The minimum atomic E-state index is -0.900. The summed E-state index contributed by atoms with van der Waals surface area (Å²) in [6, 6.07) is 0.370. The topological polar surface area (TPSA) is 58.6 Å². The van der Waals surface area contributed by atoms with E-state index in [2.05, 4.69) is 5.32 Å². The van der Waals surface area contributed by atoms with E-state index in [-0.39, 0.29) is 19.0 Å². The van der Waals surface area contributed by atoms with Gasteiger partial charge in [0.05, 0.1) is 6.61 Å². The molecule has 1 atom stereocenters. The summed E-state index contributed by atoms with van der Waals surface area (Å²) in [5, 5.41) is 11.5. The van der Waals surface area contributed by atoms with Crippen molar-refractivity contribution in [3.8, 4) is 0 Å². The molecule has 0 amide bonds. The highest BCUT2D eigenvalue weighted by Crippen LogP contribution is 2.04. The summed E-state index contributed by atoms with van der Waals surface area (Å²) in [6.07, 6.45) is 2.26. The van der Waals surface area contributed by atoms with Crippen molar-refractivity contribution in [2.45, 2.75) is 18.9 Å². The predicted molar refractivity (Wildman–Crippen MR) is 46.7 cm³/mol. The summed E-state index contributed by atoms with van der Waals surface area (Å²) in [4.78, 5) is 10.0. The minimum absolute atomic E-state index is 0. The molecule has 1 fully saturated rings. The van der Waals surface area contributed by atoms with Crippen LogP contribution in [0.3, 0.4) is 0 Å². The quantitative estimate of drug-likeness (QED) is 0.676. The van der Waals surface area contributed by atoms with Crippen LogP contribution in [0.15, 0.2) is 0 Å². The van der Waals surface area contributed by atoms with Gasteiger partial charge in [-0.2, -0.15) is 0 Å². The molecule has 1 rings (SSSR count). The Bertz CT molecular complexity index is 137. The largest absolute Gasteiger partial charge is 0.480 e. The highest BCUT2D eigenvalue weighted by molar-refractivity contribution is 5.85. The summed E-state index contributed by atoms with van der Waals surface area (Å²) < 4.78 is 4.92. The van der Waals surface area contributed by atoms with E-state index in [9.17, 15) is 4.79 Å². The molecule has 1 saturated heterocycles. The molecule has 12 heavy (non-hydrogen) atoms. The van der Waals surface area contributed by atoms with Gasteiger partial charge in [-0.3, -0.25) is 0 Å². The van der Waals surface area contributed by atoms with Crippen molar-refractivity contribution in [3.05, 3.63) is 0 Å². The number of ether oxygens (including phenoxy) is 1. The molecule has 0 aromatic rings. The standard InChI is InChI=1S/C7H13NO3.ClH/c9-7(10)5-11-4-6-2-1-3-8-6;/h6,8H,1-5H2,(H,9,10);1H. The Morgan fingerprint density at radius 3 is 2.92 bits per heavy atom. The number of rotatable bonds is 4. The molecule has 0 radical (unpaired) electrons. The number of carbonyl (C=O) groups is 1. The van der Waals surface area contributed by atoms with Gasteiger partial charge < -0.3 is 15.2 Å². The van der Waals surface area contributed by atoms with Crippen molar-refractivity contribution < 1.29 is 14.6 Å². The molecule has 0 aliphatic carbocycles. The summed E-state index contributed by atoms with van der Waals surface area (Å²) in [7, 11) is 0. The first kappa shape index (κ1) is 11.7. The van der Waals surface area contributed by atoms with E-state index in [1.54, 1.807) is 0 Å². The zero-order valence-corrected chi connectivity index (χ0v) is 7.60. The third kappa shape index (κ3) is 4.54. The van der Waals surface area contributed by atoms with Gasteiger partial charge >= 0.3 is 5.97 Å². The molecular formula is C7H14ClNO3. The van der Waals surface area contributed by atoms with Crippen molar-refractivity contribution in [2.75, 3.05) is 19.8 Å². The van der Waals surface area contributed by atoms with Crippen LogP contribution in [-0.2, 0) is 9.53 Å². The van der Waals surface area contributed by atoms with Crippen LogP contribution in [0.25, 0.3) is 0 Å². The highest BCUT2D eigenvalue weighted by atomic mass is 35.5. The second-order valence-corrected chi connectivity index (χ2v) is 2.70. The average molecular weight is 196 g/mol. The van der Waals surface area contributed by atoms with Crippen LogP contribution in [0.5, 0.6) is 0 Å². The van der Waals surface area contributed by atoms with Gasteiger partial charge in [0.25, 0.3) is 0 Å². The van der Waals surface area contributed by atoms with Gasteiger partial charge in [0.1, 0.15) is 6.61 Å². The number of nitrogens with one attached hydrogen (secondary N) is 1. The molecule has 1 aliphatic heterocycles. The maximum absolute atomic E-state index is 10.0. The van der Waals surface area contributed by atoms with E-state index in [1.807, 2.05) is 0 Å². The first-order valence-corrected chi connectivity index (χ1v) is 3.82. The van der Waals surface area contributed by atoms with Gasteiger partial charge in [0.15, 0.2) is 0 Å². The highest BCUT2D eigenvalue weighted by Gasteiger charge is 2.13. The van der Waals surface area contributed by atoms with Crippen LogP contribution in [0, 0.1) is 0 Å². The predicted octanol–water partition coefficient (Wildman–Crippen LogP) is 0.261. The van der Waals surface area contributed by atoms with Gasteiger partial charge in [-0.25, -0.2) is 4.79 Å². The molecule has 0 aromatic heterocycles. The van der Waals surface area contributed by atoms with E-state index in [0.717, 1.165) is 13.0 Å². The molecule has 1 heterocycles. The first-order valence-electron chi connectivity index (χ1n) is 3.82. The van der Waals surface area contributed by atoms with Crippen LogP contribution in [0.1, 0.15) is 12.8 Å². The fraction of sp³-hybridized carbons (Fsp3) is 0.857. The third-order valence-electron chi connectivity index (χ3n) is 1.71. The number of hydrogen-bond acceptors (Lipinski definition) is 3. The Labute approximate surface area is 77.7 Å². The third-order valence-corrected chi connectivity index (χ3v) is 1.71. The molecule has 0 saturated carbocycles. The fourth-order valence-corrected chi connectivity index (χ4v) is 1.19. The van der Waals surface area contributed by atoms with Gasteiger partial charge in [-0.05, 0) is 19.4 Å². The molecule has 1 aliphatic rings. The second-order valence-electron chi connectivity index (χ2n) is 2.70. The van der Waals surface area contributed by atoms with Crippen molar-refractivity contribution >= 4 is 18.4 Å². The SMILES string of the molecule is Cl.O=C(O)COCC1CCCN1. The van der Waals surface area contributed by atoms with Gasteiger partial charge in [0, 0.05) is 6.04 Å². The van der Waals surface area contributed by atoms with E-state index in [0.29, 0.717) is 12.6 Å². The molecule has 4 nitrogen and oxygen atoms in total. The Kier molecular flexibility index (Phi) is 6.06. The number of aliphatic carboxylic acids is 1. The van der Waals surface area contributed by atoms with Crippen LogP contribution in [0.4, 0.5) is 0 Å². The summed E-state index contributed by atoms with van der Waals surface area (Å²) in [5.41, 5.74) is 0. The zero-order chi connectivity index (χ0) is 8.10. The molecule has 0 spiro atoms. The maximum atomic E-state index is 10.0. The molecular weight excluding hydrogens is 182 g/mol. The van der Waals surface area contributed by atoms with Gasteiger partial charge in [-0.1, -0.05) is 0 Å². The van der Waals surface area contributed by atoms with Crippen LogP contribution in [0.2, 0.25) is 0 Å². The lowest BCUT2D eigenvalue weighted by Crippen LogP contribution is -2.27. The van der Waals surface area contributed by atoms with Gasteiger partial charge in [-0.15, -0.1) is 12.4 Å². The lowest BCUT2D eigenvalue weighted by molar-refractivity contribution is -0.142.